The molecule has 0 aliphatic heterocycles. The maximum atomic E-state index is 13.4. The molecule has 152 valence electrons. The first-order chi connectivity index (χ1) is 13.0. The first-order valence-electron chi connectivity index (χ1n) is 8.07. The summed E-state index contributed by atoms with van der Waals surface area (Å²) < 4.78 is 70.5. The van der Waals surface area contributed by atoms with Crippen LogP contribution in [0.4, 0.5) is 18.9 Å². The number of anilines is 1. The molecule has 0 fully saturated rings. The van der Waals surface area contributed by atoms with E-state index in [2.05, 4.69) is 4.74 Å². The smallest absolute Gasteiger partial charge is 0.432 e. The Balaban J connectivity index is 2.42. The van der Waals surface area contributed by atoms with Crippen LogP contribution < -0.4 is 4.31 Å². The van der Waals surface area contributed by atoms with Crippen LogP contribution in [0.2, 0.25) is 0 Å². The van der Waals surface area contributed by atoms with Gasteiger partial charge in [0.05, 0.1) is 17.2 Å². The minimum atomic E-state index is -5.33. The minimum Gasteiger partial charge on any atom is -0.463 e. The predicted molar refractivity (Wildman–Crippen MR) is 95.1 cm³/mol. The van der Waals surface area contributed by atoms with Gasteiger partial charge in [0.1, 0.15) is 0 Å². The van der Waals surface area contributed by atoms with Gasteiger partial charge in [-0.2, -0.15) is 13.2 Å². The van der Waals surface area contributed by atoms with E-state index in [1.54, 1.807) is 6.07 Å². The fraction of sp³-hybridized carbons (Fsp3) is 0.278. The highest BCUT2D eigenvalue weighted by Gasteiger charge is 2.62. The van der Waals surface area contributed by atoms with Crippen molar-refractivity contribution in [3.8, 4) is 0 Å². The zero-order valence-corrected chi connectivity index (χ0v) is 15.8. The number of rotatable bonds is 6. The summed E-state index contributed by atoms with van der Waals surface area (Å²) >= 11 is 0. The van der Waals surface area contributed by atoms with E-state index in [4.69, 9.17) is 0 Å². The molecule has 0 aliphatic carbocycles. The van der Waals surface area contributed by atoms with Gasteiger partial charge in [-0.1, -0.05) is 30.3 Å². The van der Waals surface area contributed by atoms with Crippen LogP contribution in [0.1, 0.15) is 12.5 Å². The zero-order valence-electron chi connectivity index (χ0n) is 15.0. The summed E-state index contributed by atoms with van der Waals surface area (Å²) in [5, 5.41) is 10.1. The van der Waals surface area contributed by atoms with E-state index in [0.717, 1.165) is 28.6 Å². The number of benzene rings is 2. The molecule has 28 heavy (non-hydrogen) atoms. The summed E-state index contributed by atoms with van der Waals surface area (Å²) in [6.45, 7) is 0.953. The third-order valence-corrected chi connectivity index (χ3v) is 5.83. The van der Waals surface area contributed by atoms with Crippen LogP contribution in [-0.2, 0) is 25.2 Å². The SMILES string of the molecule is CCOC(=O)[C@@](O)(c1ccc(N(C)S(=O)(=O)c2ccccc2)cc1)C(F)(F)F. The number of alkyl halides is 3. The molecule has 0 aromatic heterocycles. The van der Waals surface area contributed by atoms with E-state index in [-0.39, 0.29) is 17.2 Å². The van der Waals surface area contributed by atoms with Crippen molar-refractivity contribution in [2.24, 2.45) is 0 Å². The number of carbonyl (C=O) groups excluding carboxylic acids is 1. The number of hydrogen-bond donors (Lipinski definition) is 1. The third kappa shape index (κ3) is 3.83. The highest BCUT2D eigenvalue weighted by molar-refractivity contribution is 7.92. The Morgan fingerprint density at radius 2 is 1.61 bits per heavy atom. The molecule has 0 saturated carbocycles. The summed E-state index contributed by atoms with van der Waals surface area (Å²) in [4.78, 5) is 11.8. The Kier molecular flexibility index (Phi) is 6.05. The fourth-order valence-electron chi connectivity index (χ4n) is 2.43. The van der Waals surface area contributed by atoms with Crippen molar-refractivity contribution in [3.05, 3.63) is 60.2 Å². The molecule has 0 aliphatic rings. The molecule has 0 bridgehead atoms. The van der Waals surface area contributed by atoms with Crippen LogP contribution >= 0.6 is 0 Å². The average molecular weight is 417 g/mol. The second-order valence-corrected chi connectivity index (χ2v) is 7.73. The second kappa shape index (κ2) is 7.80. The van der Waals surface area contributed by atoms with Crippen molar-refractivity contribution >= 4 is 21.7 Å². The number of carbonyl (C=O) groups is 1. The van der Waals surface area contributed by atoms with Gasteiger partial charge in [0.2, 0.25) is 0 Å². The van der Waals surface area contributed by atoms with Gasteiger partial charge in [-0.3, -0.25) is 4.31 Å². The van der Waals surface area contributed by atoms with Crippen LogP contribution in [0.15, 0.2) is 59.5 Å². The monoisotopic (exact) mass is 417 g/mol. The van der Waals surface area contributed by atoms with Crippen LogP contribution in [-0.4, -0.2) is 39.3 Å². The number of aliphatic hydroxyl groups is 1. The van der Waals surface area contributed by atoms with Crippen LogP contribution in [0.25, 0.3) is 0 Å². The molecule has 2 aromatic rings. The molecule has 0 amide bonds. The van der Waals surface area contributed by atoms with Crippen LogP contribution in [0.5, 0.6) is 0 Å². The van der Waals surface area contributed by atoms with Gasteiger partial charge in [0.15, 0.2) is 0 Å². The lowest BCUT2D eigenvalue weighted by atomic mass is 9.93. The van der Waals surface area contributed by atoms with Gasteiger partial charge in [-0.25, -0.2) is 13.2 Å². The Labute approximate surface area is 160 Å². The Bertz CT molecular complexity index is 930. The van der Waals surface area contributed by atoms with Gasteiger partial charge in [0.25, 0.3) is 15.6 Å². The van der Waals surface area contributed by atoms with Gasteiger partial charge < -0.3 is 9.84 Å². The lowest BCUT2D eigenvalue weighted by molar-refractivity contribution is -0.267. The number of halogens is 3. The molecular weight excluding hydrogens is 399 g/mol. The van der Waals surface area contributed by atoms with Crippen molar-refractivity contribution in [1.82, 2.24) is 0 Å². The van der Waals surface area contributed by atoms with Crippen LogP contribution in [0, 0.1) is 0 Å². The van der Waals surface area contributed by atoms with E-state index in [1.165, 1.54) is 38.2 Å². The topological polar surface area (TPSA) is 83.9 Å². The number of ether oxygens (including phenoxy) is 1. The summed E-state index contributed by atoms with van der Waals surface area (Å²) in [6, 6.07) is 11.2. The Morgan fingerprint density at radius 3 is 2.07 bits per heavy atom. The Hall–Kier alpha value is -2.59. The van der Waals surface area contributed by atoms with E-state index in [9.17, 15) is 31.5 Å². The van der Waals surface area contributed by atoms with Crippen LogP contribution in [0.3, 0.4) is 0 Å². The largest absolute Gasteiger partial charge is 0.463 e. The van der Waals surface area contributed by atoms with E-state index in [1.807, 2.05) is 0 Å². The third-order valence-electron chi connectivity index (χ3n) is 4.03. The van der Waals surface area contributed by atoms with E-state index >= 15 is 0 Å². The van der Waals surface area contributed by atoms with Crippen molar-refractivity contribution < 1.29 is 36.2 Å². The number of hydrogen-bond acceptors (Lipinski definition) is 5. The van der Waals surface area contributed by atoms with Gasteiger partial charge in [0, 0.05) is 12.6 Å². The molecule has 2 rings (SSSR count). The molecule has 1 N–H and O–H groups in total. The minimum absolute atomic E-state index is 0.0000957. The summed E-state index contributed by atoms with van der Waals surface area (Å²) in [7, 11) is -2.70. The molecule has 0 unspecified atom stereocenters. The number of sulfonamides is 1. The van der Waals surface area contributed by atoms with E-state index in [0.29, 0.717) is 0 Å². The molecule has 6 nitrogen and oxygen atoms in total. The van der Waals surface area contributed by atoms with Gasteiger partial charge in [-0.15, -0.1) is 0 Å². The molecule has 2 aromatic carbocycles. The molecule has 0 heterocycles. The van der Waals surface area contributed by atoms with Crippen molar-refractivity contribution in [3.63, 3.8) is 0 Å². The van der Waals surface area contributed by atoms with Crippen molar-refractivity contribution in [2.75, 3.05) is 18.0 Å². The van der Waals surface area contributed by atoms with Gasteiger partial charge >= 0.3 is 12.1 Å². The number of esters is 1. The zero-order chi connectivity index (χ0) is 21.2. The summed E-state index contributed by atoms with van der Waals surface area (Å²) in [6.07, 6.45) is -5.33. The maximum absolute atomic E-state index is 13.4. The summed E-state index contributed by atoms with van der Waals surface area (Å²) in [5.41, 5.74) is -4.60. The van der Waals surface area contributed by atoms with Gasteiger partial charge in [-0.05, 0) is 31.2 Å². The first-order valence-corrected chi connectivity index (χ1v) is 9.51. The summed E-state index contributed by atoms with van der Waals surface area (Å²) in [5.74, 6) is -1.86. The standard InChI is InChI=1S/C18H18F3NO5S/c1-3-27-16(23)17(24,18(19,20)21)13-9-11-14(12-10-13)22(2)28(25,26)15-7-5-4-6-8-15/h4-12,24H,3H2,1-2H3/t17-/m0/s1. The molecule has 0 spiro atoms. The maximum Gasteiger partial charge on any atom is 0.432 e. The first kappa shape index (κ1) is 21.7. The number of nitrogens with zero attached hydrogens (tertiary/aromatic N) is 1. The van der Waals surface area contributed by atoms with Crippen molar-refractivity contribution in [2.45, 2.75) is 23.6 Å². The Morgan fingerprint density at radius 1 is 1.07 bits per heavy atom. The quantitative estimate of drug-likeness (QED) is 0.731. The molecule has 0 radical (unpaired) electrons. The molecule has 1 atom stereocenters. The highest BCUT2D eigenvalue weighted by Crippen LogP contribution is 2.40. The van der Waals surface area contributed by atoms with Crippen molar-refractivity contribution in [1.29, 1.82) is 0 Å². The lowest BCUT2D eigenvalue weighted by Crippen LogP contribution is -2.50. The lowest BCUT2D eigenvalue weighted by Gasteiger charge is -2.29. The fourth-order valence-corrected chi connectivity index (χ4v) is 3.65. The normalized spacial score (nSPS) is 14.2. The van der Waals surface area contributed by atoms with E-state index < -0.39 is 33.3 Å². The molecule has 0 saturated heterocycles. The molecular formula is C18H18F3NO5S. The molecule has 10 heteroatoms. The highest BCUT2D eigenvalue weighted by atomic mass is 32.2. The second-order valence-electron chi connectivity index (χ2n) is 5.76. The predicted octanol–water partition coefficient (Wildman–Crippen LogP) is 2.82. The average Bonchev–Trinajstić information content (AvgIpc) is 2.66.